The van der Waals surface area contributed by atoms with Gasteiger partial charge in [0.2, 0.25) is 11.8 Å². The normalized spacial score (nSPS) is 18.6. The van der Waals surface area contributed by atoms with E-state index in [1.165, 1.54) is 6.07 Å². The van der Waals surface area contributed by atoms with Gasteiger partial charge in [-0.2, -0.15) is 0 Å². The molecule has 8 heteroatoms. The predicted octanol–water partition coefficient (Wildman–Crippen LogP) is 1.42. The quantitative estimate of drug-likeness (QED) is 0.742. The molecule has 1 spiro atoms. The monoisotopic (exact) mass is 391 g/mol. The first-order valence-electron chi connectivity index (χ1n) is 9.67. The predicted molar refractivity (Wildman–Crippen MR) is 99.4 cm³/mol. The van der Waals surface area contributed by atoms with E-state index in [1.807, 2.05) is 0 Å². The first-order chi connectivity index (χ1) is 13.4. The second-order valence-electron chi connectivity index (χ2n) is 7.14. The average molecular weight is 391 g/mol. The van der Waals surface area contributed by atoms with Gasteiger partial charge in [0.05, 0.1) is 31.8 Å². The molecule has 7 nitrogen and oxygen atoms in total. The number of esters is 1. The van der Waals surface area contributed by atoms with Gasteiger partial charge in [-0.25, -0.2) is 4.39 Å². The molecule has 2 saturated heterocycles. The van der Waals surface area contributed by atoms with Gasteiger partial charge in [-0.15, -0.1) is 0 Å². The number of halogens is 1. The number of hydrogen-bond donors (Lipinski definition) is 1. The lowest BCUT2D eigenvalue weighted by molar-refractivity contribution is -0.146. The molecule has 152 valence electrons. The molecule has 28 heavy (non-hydrogen) atoms. The maximum atomic E-state index is 14.0. The Labute approximate surface area is 163 Å². The summed E-state index contributed by atoms with van der Waals surface area (Å²) in [4.78, 5) is 39.6. The number of nitrogens with zero attached hydrogens (tertiary/aromatic N) is 2. The molecule has 2 amide bonds. The van der Waals surface area contributed by atoms with Crippen molar-refractivity contribution in [3.63, 3.8) is 0 Å². The van der Waals surface area contributed by atoms with Crippen molar-refractivity contribution in [2.75, 3.05) is 26.2 Å². The van der Waals surface area contributed by atoms with Gasteiger partial charge >= 0.3 is 5.97 Å². The highest BCUT2D eigenvalue weighted by molar-refractivity contribution is 5.83. The minimum atomic E-state index is -0.558. The Balaban J connectivity index is 1.60. The second kappa shape index (κ2) is 8.68. The van der Waals surface area contributed by atoms with Gasteiger partial charge in [0.1, 0.15) is 5.82 Å². The summed E-state index contributed by atoms with van der Waals surface area (Å²) in [6.45, 7) is 3.41. The average Bonchev–Trinajstić information content (AvgIpc) is 2.98. The number of rotatable bonds is 6. The molecule has 0 saturated carbocycles. The fourth-order valence-corrected chi connectivity index (χ4v) is 3.88. The van der Waals surface area contributed by atoms with Crippen LogP contribution in [-0.2, 0) is 25.7 Å². The molecule has 2 aliphatic heterocycles. The van der Waals surface area contributed by atoms with Crippen LogP contribution in [0.15, 0.2) is 24.3 Å². The van der Waals surface area contributed by atoms with Gasteiger partial charge in [0.15, 0.2) is 0 Å². The van der Waals surface area contributed by atoms with Crippen molar-refractivity contribution in [1.29, 1.82) is 0 Å². The molecule has 0 unspecified atom stereocenters. The summed E-state index contributed by atoms with van der Waals surface area (Å²) in [7, 11) is 0. The van der Waals surface area contributed by atoms with Crippen molar-refractivity contribution in [3.05, 3.63) is 35.6 Å². The molecule has 0 aromatic heterocycles. The van der Waals surface area contributed by atoms with E-state index in [4.69, 9.17) is 4.74 Å². The van der Waals surface area contributed by atoms with Crippen LogP contribution >= 0.6 is 0 Å². The van der Waals surface area contributed by atoms with Crippen molar-refractivity contribution < 1.29 is 23.5 Å². The number of ether oxygens (including phenoxy) is 1. The number of piperidine rings is 1. The molecule has 3 rings (SSSR count). The zero-order valence-electron chi connectivity index (χ0n) is 16.1. The van der Waals surface area contributed by atoms with Gasteiger partial charge in [0, 0.05) is 37.9 Å². The number of hydrogen-bond acceptors (Lipinski definition) is 5. The Morgan fingerprint density at radius 2 is 1.93 bits per heavy atom. The van der Waals surface area contributed by atoms with Gasteiger partial charge in [-0.1, -0.05) is 18.2 Å². The Morgan fingerprint density at radius 1 is 1.21 bits per heavy atom. The third kappa shape index (κ3) is 4.32. The standard InChI is InChI=1S/C20H26FN3O4/c1-2-28-19(27)8-7-17(25)23-11-9-20(10-12-23)22-13-18(26)24(20)14-15-5-3-4-6-16(15)21/h3-6,22H,2,7-14H2,1H3. The van der Waals surface area contributed by atoms with Crippen LogP contribution in [0, 0.1) is 5.82 Å². The van der Waals surface area contributed by atoms with Crippen molar-refractivity contribution in [3.8, 4) is 0 Å². The van der Waals surface area contributed by atoms with E-state index in [1.54, 1.807) is 34.9 Å². The molecule has 2 heterocycles. The molecule has 2 fully saturated rings. The first kappa shape index (κ1) is 20.3. The highest BCUT2D eigenvalue weighted by Crippen LogP contribution is 2.32. The van der Waals surface area contributed by atoms with Gasteiger partial charge in [-0.3, -0.25) is 19.7 Å². The maximum absolute atomic E-state index is 14.0. The lowest BCUT2D eigenvalue weighted by Gasteiger charge is -2.44. The van der Waals surface area contributed by atoms with Crippen LogP contribution in [0.5, 0.6) is 0 Å². The second-order valence-corrected chi connectivity index (χ2v) is 7.14. The summed E-state index contributed by atoms with van der Waals surface area (Å²) >= 11 is 0. The van der Waals surface area contributed by atoms with Gasteiger partial charge in [0.25, 0.3) is 0 Å². The van der Waals surface area contributed by atoms with E-state index in [2.05, 4.69) is 5.32 Å². The molecular weight excluding hydrogens is 365 g/mol. The number of amides is 2. The Kier molecular flexibility index (Phi) is 6.28. The fraction of sp³-hybridized carbons (Fsp3) is 0.550. The third-order valence-corrected chi connectivity index (χ3v) is 5.46. The van der Waals surface area contributed by atoms with Crippen LogP contribution in [0.4, 0.5) is 4.39 Å². The Morgan fingerprint density at radius 3 is 2.61 bits per heavy atom. The van der Waals surface area contributed by atoms with Crippen molar-refractivity contribution in [1.82, 2.24) is 15.1 Å². The number of carbonyl (C=O) groups excluding carboxylic acids is 3. The van der Waals surface area contributed by atoms with Crippen LogP contribution in [0.1, 0.15) is 38.2 Å². The zero-order valence-corrected chi connectivity index (χ0v) is 16.1. The molecule has 0 bridgehead atoms. The highest BCUT2D eigenvalue weighted by atomic mass is 19.1. The van der Waals surface area contributed by atoms with Crippen LogP contribution in [-0.4, -0.2) is 59.5 Å². The van der Waals surface area contributed by atoms with E-state index in [0.717, 1.165) is 0 Å². The van der Waals surface area contributed by atoms with Gasteiger partial charge < -0.3 is 14.5 Å². The van der Waals surface area contributed by atoms with Crippen molar-refractivity contribution in [2.45, 2.75) is 44.8 Å². The highest BCUT2D eigenvalue weighted by Gasteiger charge is 2.47. The maximum Gasteiger partial charge on any atom is 0.306 e. The van der Waals surface area contributed by atoms with E-state index < -0.39 is 5.66 Å². The number of nitrogens with one attached hydrogen (secondary N) is 1. The minimum Gasteiger partial charge on any atom is -0.466 e. The smallest absolute Gasteiger partial charge is 0.306 e. The van der Waals surface area contributed by atoms with E-state index in [0.29, 0.717) is 38.1 Å². The summed E-state index contributed by atoms with van der Waals surface area (Å²) in [5.41, 5.74) is -0.0797. The SMILES string of the molecule is CCOC(=O)CCC(=O)N1CCC2(CC1)NCC(=O)N2Cc1ccccc1F. The van der Waals surface area contributed by atoms with Crippen molar-refractivity contribution >= 4 is 17.8 Å². The number of benzene rings is 1. The summed E-state index contributed by atoms with van der Waals surface area (Å²) in [5, 5.41) is 3.28. The first-order valence-corrected chi connectivity index (χ1v) is 9.67. The summed E-state index contributed by atoms with van der Waals surface area (Å²) in [5.74, 6) is -0.856. The lowest BCUT2D eigenvalue weighted by atomic mass is 9.95. The molecule has 1 N–H and O–H groups in total. The molecule has 1 aromatic carbocycles. The summed E-state index contributed by atoms with van der Waals surface area (Å²) < 4.78 is 18.9. The summed E-state index contributed by atoms with van der Waals surface area (Å²) in [6, 6.07) is 6.45. The Bertz CT molecular complexity index is 747. The molecule has 2 aliphatic rings. The topological polar surface area (TPSA) is 79.0 Å². The molecule has 0 aliphatic carbocycles. The fourth-order valence-electron chi connectivity index (χ4n) is 3.88. The Hall–Kier alpha value is -2.48. The van der Waals surface area contributed by atoms with Crippen LogP contribution in [0.3, 0.4) is 0 Å². The molecule has 1 aromatic rings. The number of carbonyl (C=O) groups is 3. The lowest BCUT2D eigenvalue weighted by Crippen LogP contribution is -2.59. The van der Waals surface area contributed by atoms with E-state index >= 15 is 0 Å². The molecule has 0 atom stereocenters. The minimum absolute atomic E-state index is 0.0645. The molecule has 0 radical (unpaired) electrons. The third-order valence-electron chi connectivity index (χ3n) is 5.46. The molecular formula is C20H26FN3O4. The van der Waals surface area contributed by atoms with Crippen LogP contribution < -0.4 is 5.32 Å². The van der Waals surface area contributed by atoms with Crippen LogP contribution in [0.2, 0.25) is 0 Å². The largest absolute Gasteiger partial charge is 0.466 e. The zero-order chi connectivity index (χ0) is 20.1. The number of likely N-dealkylation sites (tertiary alicyclic amines) is 1. The summed E-state index contributed by atoms with van der Waals surface area (Å²) in [6.07, 6.45) is 1.33. The van der Waals surface area contributed by atoms with E-state index in [-0.39, 0.29) is 49.5 Å². The van der Waals surface area contributed by atoms with Gasteiger partial charge in [-0.05, 0) is 13.0 Å². The van der Waals surface area contributed by atoms with Crippen LogP contribution in [0.25, 0.3) is 0 Å². The van der Waals surface area contributed by atoms with Crippen molar-refractivity contribution in [2.24, 2.45) is 0 Å². The van der Waals surface area contributed by atoms with E-state index in [9.17, 15) is 18.8 Å².